The van der Waals surface area contributed by atoms with Gasteiger partial charge in [0.25, 0.3) is 10.0 Å². The summed E-state index contributed by atoms with van der Waals surface area (Å²) in [5.74, 6) is -0.836. The fraction of sp³-hybridized carbons (Fsp3) is 0. The lowest BCUT2D eigenvalue weighted by molar-refractivity contribution is 0.598. The van der Waals surface area contributed by atoms with E-state index in [0.29, 0.717) is 4.47 Å². The standard InChI is InChI=1S/C13H9BrFN3O2S/c14-10-3-2-9(17)6-13(10)21(19,20)18-12-4-1-8(7-16)5-11(12)15/h1-6,18H,17H2. The van der Waals surface area contributed by atoms with Crippen LogP contribution in [0.1, 0.15) is 5.56 Å². The Labute approximate surface area is 129 Å². The molecule has 0 aliphatic carbocycles. The summed E-state index contributed by atoms with van der Waals surface area (Å²) in [5.41, 5.74) is 5.68. The highest BCUT2D eigenvalue weighted by molar-refractivity contribution is 9.10. The van der Waals surface area contributed by atoms with Crippen LogP contribution >= 0.6 is 15.9 Å². The van der Waals surface area contributed by atoms with Gasteiger partial charge in [-0.2, -0.15) is 5.26 Å². The first-order valence-corrected chi connectivity index (χ1v) is 7.88. The molecule has 0 unspecified atom stereocenters. The van der Waals surface area contributed by atoms with E-state index in [1.54, 1.807) is 6.07 Å². The van der Waals surface area contributed by atoms with Gasteiger partial charge in [-0.25, -0.2) is 12.8 Å². The second-order valence-electron chi connectivity index (χ2n) is 4.10. The summed E-state index contributed by atoms with van der Waals surface area (Å²) >= 11 is 3.11. The molecule has 0 fully saturated rings. The molecule has 0 atom stereocenters. The Morgan fingerprint density at radius 3 is 2.57 bits per heavy atom. The van der Waals surface area contributed by atoms with E-state index >= 15 is 0 Å². The molecule has 108 valence electrons. The van der Waals surface area contributed by atoms with E-state index in [-0.39, 0.29) is 21.8 Å². The molecule has 0 spiro atoms. The molecule has 2 aromatic rings. The van der Waals surface area contributed by atoms with Crippen LogP contribution in [0.3, 0.4) is 0 Å². The SMILES string of the molecule is N#Cc1ccc(NS(=O)(=O)c2cc(N)ccc2Br)c(F)c1. The number of benzene rings is 2. The summed E-state index contributed by atoms with van der Waals surface area (Å²) in [6.45, 7) is 0. The molecule has 2 rings (SSSR count). The number of hydrogen-bond acceptors (Lipinski definition) is 4. The predicted octanol–water partition coefficient (Wildman–Crippen LogP) is 2.84. The maximum atomic E-state index is 13.7. The van der Waals surface area contributed by atoms with Crippen LogP contribution in [0, 0.1) is 17.1 Å². The molecule has 3 N–H and O–H groups in total. The topological polar surface area (TPSA) is 96.0 Å². The van der Waals surface area contributed by atoms with Crippen molar-refractivity contribution in [1.82, 2.24) is 0 Å². The predicted molar refractivity (Wildman–Crippen MR) is 80.5 cm³/mol. The number of anilines is 2. The molecule has 2 aromatic carbocycles. The summed E-state index contributed by atoms with van der Waals surface area (Å²) in [6.07, 6.45) is 0. The number of nitrogens with two attached hydrogens (primary N) is 1. The maximum Gasteiger partial charge on any atom is 0.263 e. The van der Waals surface area contributed by atoms with Crippen molar-refractivity contribution >= 4 is 37.3 Å². The number of hydrogen-bond donors (Lipinski definition) is 2. The zero-order chi connectivity index (χ0) is 15.6. The lowest BCUT2D eigenvalue weighted by atomic mass is 10.2. The molecule has 0 aliphatic heterocycles. The van der Waals surface area contributed by atoms with E-state index in [4.69, 9.17) is 11.0 Å². The number of sulfonamides is 1. The fourth-order valence-electron chi connectivity index (χ4n) is 1.59. The molecule has 0 radical (unpaired) electrons. The molecule has 0 heterocycles. The van der Waals surface area contributed by atoms with Crippen molar-refractivity contribution in [2.24, 2.45) is 0 Å². The van der Waals surface area contributed by atoms with Crippen LogP contribution in [0.2, 0.25) is 0 Å². The van der Waals surface area contributed by atoms with Crippen molar-refractivity contribution in [3.63, 3.8) is 0 Å². The fourth-order valence-corrected chi connectivity index (χ4v) is 3.66. The summed E-state index contributed by atoms with van der Waals surface area (Å²) in [4.78, 5) is -0.105. The van der Waals surface area contributed by atoms with Gasteiger partial charge in [0.1, 0.15) is 10.7 Å². The number of nitriles is 1. The minimum Gasteiger partial charge on any atom is -0.399 e. The third-order valence-corrected chi connectivity index (χ3v) is 4.95. The Balaban J connectivity index is 2.43. The van der Waals surface area contributed by atoms with E-state index in [1.165, 1.54) is 30.3 Å². The summed E-state index contributed by atoms with van der Waals surface area (Å²) in [6, 6.07) is 9.49. The van der Waals surface area contributed by atoms with Gasteiger partial charge in [0, 0.05) is 10.2 Å². The number of rotatable bonds is 3. The number of nitrogens with zero attached hydrogens (tertiary/aromatic N) is 1. The van der Waals surface area contributed by atoms with E-state index in [9.17, 15) is 12.8 Å². The van der Waals surface area contributed by atoms with Gasteiger partial charge in [0.05, 0.1) is 17.3 Å². The molecule has 5 nitrogen and oxygen atoms in total. The number of nitrogens with one attached hydrogen (secondary N) is 1. The first-order valence-electron chi connectivity index (χ1n) is 5.61. The Hall–Kier alpha value is -2.11. The highest BCUT2D eigenvalue weighted by Crippen LogP contribution is 2.27. The molecule has 0 aliphatic rings. The summed E-state index contributed by atoms with van der Waals surface area (Å²) < 4.78 is 40.7. The molecule has 0 amide bonds. The highest BCUT2D eigenvalue weighted by Gasteiger charge is 2.19. The first-order chi connectivity index (χ1) is 9.83. The molecule has 0 saturated heterocycles. The third-order valence-electron chi connectivity index (χ3n) is 2.59. The Bertz CT molecular complexity index is 847. The maximum absolute atomic E-state index is 13.7. The zero-order valence-corrected chi connectivity index (χ0v) is 12.9. The van der Waals surface area contributed by atoms with Crippen molar-refractivity contribution in [3.05, 3.63) is 52.3 Å². The minimum absolute atomic E-state index is 0.0978. The second kappa shape index (κ2) is 5.71. The summed E-state index contributed by atoms with van der Waals surface area (Å²) in [5, 5.41) is 8.66. The largest absolute Gasteiger partial charge is 0.399 e. The van der Waals surface area contributed by atoms with Gasteiger partial charge >= 0.3 is 0 Å². The van der Waals surface area contributed by atoms with E-state index in [1.807, 2.05) is 0 Å². The van der Waals surface area contributed by atoms with Crippen LogP contribution in [0.5, 0.6) is 0 Å². The zero-order valence-electron chi connectivity index (χ0n) is 10.5. The average Bonchev–Trinajstić information content (AvgIpc) is 2.43. The molecule has 0 saturated carbocycles. The summed E-state index contributed by atoms with van der Waals surface area (Å²) in [7, 11) is -4.01. The van der Waals surface area contributed by atoms with Gasteiger partial charge < -0.3 is 5.73 Å². The molecule has 0 aromatic heterocycles. The van der Waals surface area contributed by atoms with Gasteiger partial charge in [-0.05, 0) is 52.3 Å². The van der Waals surface area contributed by atoms with Crippen LogP contribution < -0.4 is 10.5 Å². The molecule has 21 heavy (non-hydrogen) atoms. The average molecular weight is 370 g/mol. The van der Waals surface area contributed by atoms with E-state index in [2.05, 4.69) is 20.7 Å². The van der Waals surface area contributed by atoms with Crippen molar-refractivity contribution in [1.29, 1.82) is 5.26 Å². The first kappa shape index (κ1) is 15.3. The monoisotopic (exact) mass is 369 g/mol. The molecular weight excluding hydrogens is 361 g/mol. The van der Waals surface area contributed by atoms with Gasteiger partial charge in [-0.1, -0.05) is 0 Å². The second-order valence-corrected chi connectivity index (χ2v) is 6.61. The van der Waals surface area contributed by atoms with Gasteiger partial charge in [0.2, 0.25) is 0 Å². The Morgan fingerprint density at radius 2 is 1.95 bits per heavy atom. The van der Waals surface area contributed by atoms with Crippen LogP contribution in [-0.4, -0.2) is 8.42 Å². The normalized spacial score (nSPS) is 10.9. The molecule has 8 heteroatoms. The van der Waals surface area contributed by atoms with Crippen LogP contribution in [0.25, 0.3) is 0 Å². The van der Waals surface area contributed by atoms with Crippen molar-refractivity contribution in [3.8, 4) is 6.07 Å². The van der Waals surface area contributed by atoms with Gasteiger partial charge in [-0.15, -0.1) is 0 Å². The van der Waals surface area contributed by atoms with Gasteiger partial charge in [0.15, 0.2) is 0 Å². The number of halogens is 2. The lowest BCUT2D eigenvalue weighted by Gasteiger charge is -2.11. The quantitative estimate of drug-likeness (QED) is 0.812. The Morgan fingerprint density at radius 1 is 1.24 bits per heavy atom. The minimum atomic E-state index is -4.01. The van der Waals surface area contributed by atoms with E-state index in [0.717, 1.165) is 6.07 Å². The number of nitrogen functional groups attached to an aromatic ring is 1. The van der Waals surface area contributed by atoms with E-state index < -0.39 is 15.8 Å². The van der Waals surface area contributed by atoms with Crippen molar-refractivity contribution in [2.75, 3.05) is 10.5 Å². The van der Waals surface area contributed by atoms with Crippen LogP contribution in [0.4, 0.5) is 15.8 Å². The van der Waals surface area contributed by atoms with Crippen molar-refractivity contribution in [2.45, 2.75) is 4.90 Å². The lowest BCUT2D eigenvalue weighted by Crippen LogP contribution is -2.15. The molecule has 0 bridgehead atoms. The smallest absolute Gasteiger partial charge is 0.263 e. The highest BCUT2D eigenvalue weighted by atomic mass is 79.9. The van der Waals surface area contributed by atoms with Crippen molar-refractivity contribution < 1.29 is 12.8 Å². The Kier molecular flexibility index (Phi) is 4.16. The van der Waals surface area contributed by atoms with Gasteiger partial charge in [-0.3, -0.25) is 4.72 Å². The van der Waals surface area contributed by atoms with Crippen LogP contribution in [0.15, 0.2) is 45.8 Å². The van der Waals surface area contributed by atoms with Crippen LogP contribution in [-0.2, 0) is 10.0 Å². The molecular formula is C13H9BrFN3O2S. The third kappa shape index (κ3) is 3.32.